The summed E-state index contributed by atoms with van der Waals surface area (Å²) in [6, 6.07) is 8.23. The van der Waals surface area contributed by atoms with Gasteiger partial charge in [0.15, 0.2) is 0 Å². The maximum Gasteiger partial charge on any atom is 0.220 e. The SMILES string of the molecule is CC(CO)(NC(=O)CCCc1c[nH]c2ccccc12)C1CC1. The topological polar surface area (TPSA) is 65.1 Å². The van der Waals surface area contributed by atoms with Crippen molar-refractivity contribution >= 4 is 16.8 Å². The van der Waals surface area contributed by atoms with Crippen LogP contribution >= 0.6 is 0 Å². The number of H-pyrrole nitrogens is 1. The van der Waals surface area contributed by atoms with Crippen molar-refractivity contribution in [2.24, 2.45) is 5.92 Å². The smallest absolute Gasteiger partial charge is 0.220 e. The number of para-hydroxylation sites is 1. The number of aliphatic hydroxyl groups is 1. The van der Waals surface area contributed by atoms with Gasteiger partial charge in [0.25, 0.3) is 0 Å². The first kappa shape index (κ1) is 15.1. The van der Waals surface area contributed by atoms with E-state index in [0.29, 0.717) is 12.3 Å². The molecule has 1 fully saturated rings. The van der Waals surface area contributed by atoms with Crippen molar-refractivity contribution in [2.75, 3.05) is 6.61 Å². The van der Waals surface area contributed by atoms with Crippen molar-refractivity contribution in [1.29, 1.82) is 0 Å². The molecule has 1 aliphatic rings. The molecule has 0 spiro atoms. The highest BCUT2D eigenvalue weighted by Gasteiger charge is 2.41. The Kier molecular flexibility index (Phi) is 4.21. The minimum Gasteiger partial charge on any atom is -0.394 e. The first-order chi connectivity index (χ1) is 10.6. The van der Waals surface area contributed by atoms with E-state index in [1.165, 1.54) is 10.9 Å². The molecule has 22 heavy (non-hydrogen) atoms. The largest absolute Gasteiger partial charge is 0.394 e. The van der Waals surface area contributed by atoms with Crippen molar-refractivity contribution in [1.82, 2.24) is 10.3 Å². The van der Waals surface area contributed by atoms with Crippen LogP contribution in [0.2, 0.25) is 0 Å². The molecule has 1 aromatic heterocycles. The molecular weight excluding hydrogens is 276 g/mol. The molecule has 0 aliphatic heterocycles. The molecule has 1 aromatic carbocycles. The van der Waals surface area contributed by atoms with Crippen molar-refractivity contribution < 1.29 is 9.90 Å². The number of carbonyl (C=O) groups is 1. The molecule has 1 amide bonds. The number of benzene rings is 1. The van der Waals surface area contributed by atoms with Crippen LogP contribution in [-0.4, -0.2) is 28.1 Å². The zero-order chi connectivity index (χ0) is 15.6. The zero-order valence-electron chi connectivity index (χ0n) is 13.1. The van der Waals surface area contributed by atoms with E-state index in [9.17, 15) is 9.90 Å². The number of rotatable bonds is 7. The Morgan fingerprint density at radius 2 is 2.18 bits per heavy atom. The number of amides is 1. The lowest BCUT2D eigenvalue weighted by atomic mass is 9.96. The molecule has 3 rings (SSSR count). The number of aliphatic hydroxyl groups excluding tert-OH is 1. The third-order valence-electron chi connectivity index (χ3n) is 4.76. The fourth-order valence-electron chi connectivity index (χ4n) is 3.15. The average molecular weight is 300 g/mol. The molecule has 0 saturated heterocycles. The van der Waals surface area contributed by atoms with Crippen LogP contribution in [0.1, 0.15) is 38.2 Å². The maximum atomic E-state index is 12.1. The molecule has 1 heterocycles. The van der Waals surface area contributed by atoms with Crippen LogP contribution < -0.4 is 5.32 Å². The second-order valence-corrected chi connectivity index (χ2v) is 6.61. The summed E-state index contributed by atoms with van der Waals surface area (Å²) in [7, 11) is 0. The highest BCUT2D eigenvalue weighted by molar-refractivity contribution is 5.83. The van der Waals surface area contributed by atoms with E-state index in [4.69, 9.17) is 0 Å². The Balaban J connectivity index is 1.51. The van der Waals surface area contributed by atoms with Gasteiger partial charge in [0.1, 0.15) is 0 Å². The number of hydrogen-bond donors (Lipinski definition) is 3. The molecular formula is C18H24N2O2. The number of fused-ring (bicyclic) bond motifs is 1. The highest BCUT2D eigenvalue weighted by Crippen LogP contribution is 2.39. The summed E-state index contributed by atoms with van der Waals surface area (Å²) in [5, 5.41) is 13.8. The van der Waals surface area contributed by atoms with Gasteiger partial charge in [0.2, 0.25) is 5.91 Å². The van der Waals surface area contributed by atoms with Crippen molar-refractivity contribution in [3.05, 3.63) is 36.0 Å². The average Bonchev–Trinajstić information content (AvgIpc) is 3.30. The second kappa shape index (κ2) is 6.13. The normalized spacial score (nSPS) is 17.4. The predicted octanol–water partition coefficient (Wildman–Crippen LogP) is 2.77. The molecule has 4 nitrogen and oxygen atoms in total. The second-order valence-electron chi connectivity index (χ2n) is 6.61. The predicted molar refractivity (Wildman–Crippen MR) is 87.6 cm³/mol. The van der Waals surface area contributed by atoms with Crippen LogP contribution in [0.25, 0.3) is 10.9 Å². The van der Waals surface area contributed by atoms with Crippen molar-refractivity contribution in [3.8, 4) is 0 Å². The van der Waals surface area contributed by atoms with Gasteiger partial charge in [-0.05, 0) is 50.2 Å². The number of carbonyl (C=O) groups excluding carboxylic acids is 1. The van der Waals surface area contributed by atoms with Gasteiger partial charge >= 0.3 is 0 Å². The third kappa shape index (κ3) is 3.17. The lowest BCUT2D eigenvalue weighted by molar-refractivity contribution is -0.123. The summed E-state index contributed by atoms with van der Waals surface area (Å²) in [5.41, 5.74) is 1.97. The quantitative estimate of drug-likeness (QED) is 0.736. The Morgan fingerprint density at radius 1 is 1.41 bits per heavy atom. The van der Waals surface area contributed by atoms with Crippen LogP contribution in [0, 0.1) is 5.92 Å². The molecule has 0 bridgehead atoms. The highest BCUT2D eigenvalue weighted by atomic mass is 16.3. The Labute approximate surface area is 130 Å². The van der Waals surface area contributed by atoms with Crippen LogP contribution in [0.4, 0.5) is 0 Å². The fraction of sp³-hybridized carbons (Fsp3) is 0.500. The van der Waals surface area contributed by atoms with E-state index in [1.54, 1.807) is 0 Å². The van der Waals surface area contributed by atoms with Gasteiger partial charge in [-0.25, -0.2) is 0 Å². The molecule has 3 N–H and O–H groups in total. The Bertz CT molecular complexity index is 660. The van der Waals surface area contributed by atoms with Crippen molar-refractivity contribution in [3.63, 3.8) is 0 Å². The Morgan fingerprint density at radius 3 is 2.91 bits per heavy atom. The first-order valence-electron chi connectivity index (χ1n) is 8.09. The molecule has 118 valence electrons. The number of aromatic nitrogens is 1. The van der Waals surface area contributed by atoms with Crippen LogP contribution in [-0.2, 0) is 11.2 Å². The minimum atomic E-state index is -0.433. The monoisotopic (exact) mass is 300 g/mol. The van der Waals surface area contributed by atoms with Gasteiger partial charge in [0, 0.05) is 23.5 Å². The fourth-order valence-corrected chi connectivity index (χ4v) is 3.15. The summed E-state index contributed by atoms with van der Waals surface area (Å²) in [6.45, 7) is 1.97. The van der Waals surface area contributed by atoms with Gasteiger partial charge in [-0.2, -0.15) is 0 Å². The maximum absolute atomic E-state index is 12.1. The lowest BCUT2D eigenvalue weighted by Gasteiger charge is -2.28. The van der Waals surface area contributed by atoms with Crippen LogP contribution in [0.3, 0.4) is 0 Å². The Hall–Kier alpha value is -1.81. The molecule has 1 unspecified atom stereocenters. The van der Waals surface area contributed by atoms with Gasteiger partial charge in [-0.3, -0.25) is 4.79 Å². The van der Waals surface area contributed by atoms with Gasteiger partial charge in [0.05, 0.1) is 12.1 Å². The standard InChI is InChI=1S/C18H24N2O2/c1-18(12-21,14-9-10-14)20-17(22)8-4-5-13-11-19-16-7-3-2-6-15(13)16/h2-3,6-7,11,14,19,21H,4-5,8-10,12H2,1H3,(H,20,22). The molecule has 1 aliphatic carbocycles. The minimum absolute atomic E-state index is 0.0197. The summed E-state index contributed by atoms with van der Waals surface area (Å²) in [4.78, 5) is 15.4. The van der Waals surface area contributed by atoms with Crippen LogP contribution in [0.15, 0.2) is 30.5 Å². The van der Waals surface area contributed by atoms with Gasteiger partial charge in [-0.1, -0.05) is 18.2 Å². The van der Waals surface area contributed by atoms with Gasteiger partial charge in [-0.15, -0.1) is 0 Å². The molecule has 1 saturated carbocycles. The van der Waals surface area contributed by atoms with E-state index in [-0.39, 0.29) is 12.5 Å². The van der Waals surface area contributed by atoms with Crippen molar-refractivity contribution in [2.45, 2.75) is 44.6 Å². The first-order valence-corrected chi connectivity index (χ1v) is 8.09. The zero-order valence-corrected chi connectivity index (χ0v) is 13.1. The summed E-state index contributed by atoms with van der Waals surface area (Å²) in [6.07, 6.45) is 6.45. The molecule has 2 aromatic rings. The summed E-state index contributed by atoms with van der Waals surface area (Å²) >= 11 is 0. The van der Waals surface area contributed by atoms with Gasteiger partial charge < -0.3 is 15.4 Å². The van der Waals surface area contributed by atoms with E-state index in [1.807, 2.05) is 25.3 Å². The summed E-state index contributed by atoms with van der Waals surface area (Å²) < 4.78 is 0. The number of aromatic amines is 1. The number of aryl methyl sites for hydroxylation is 1. The van der Waals surface area contributed by atoms with E-state index in [2.05, 4.69) is 22.4 Å². The molecule has 1 atom stereocenters. The van der Waals surface area contributed by atoms with E-state index >= 15 is 0 Å². The lowest BCUT2D eigenvalue weighted by Crippen LogP contribution is -2.50. The molecule has 0 radical (unpaired) electrons. The number of nitrogens with one attached hydrogen (secondary N) is 2. The van der Waals surface area contributed by atoms with E-state index in [0.717, 1.165) is 31.2 Å². The van der Waals surface area contributed by atoms with E-state index < -0.39 is 5.54 Å². The third-order valence-corrected chi connectivity index (χ3v) is 4.76. The summed E-state index contributed by atoms with van der Waals surface area (Å²) in [5.74, 6) is 0.485. The molecule has 4 heteroatoms. The van der Waals surface area contributed by atoms with Crippen LogP contribution in [0.5, 0.6) is 0 Å². The number of hydrogen-bond acceptors (Lipinski definition) is 2.